The van der Waals surface area contributed by atoms with Gasteiger partial charge in [0.25, 0.3) is 0 Å². The number of thiocarbonyl (C=S) groups is 1. The number of benzene rings is 1. The Balaban J connectivity index is 3.23. The summed E-state index contributed by atoms with van der Waals surface area (Å²) in [6, 6.07) is 4.48. The van der Waals surface area contributed by atoms with Crippen LogP contribution in [0.25, 0.3) is 0 Å². The van der Waals surface area contributed by atoms with E-state index in [0.29, 0.717) is 24.8 Å². The van der Waals surface area contributed by atoms with Crippen molar-refractivity contribution in [2.24, 2.45) is 5.73 Å². The van der Waals surface area contributed by atoms with Gasteiger partial charge in [0, 0.05) is 11.1 Å². The highest BCUT2D eigenvalue weighted by atomic mass is 35.5. The zero-order chi connectivity index (χ0) is 16.3. The molecule has 0 aromatic heterocycles. The molecule has 0 fully saturated rings. The largest absolute Gasteiger partial charge is 0.389 e. The lowest BCUT2D eigenvalue weighted by Gasteiger charge is -2.31. The summed E-state index contributed by atoms with van der Waals surface area (Å²) in [5.41, 5.74) is 5.60. The molecule has 4 nitrogen and oxygen atoms in total. The Kier molecular flexibility index (Phi) is 6.16. The molecule has 0 spiro atoms. The van der Waals surface area contributed by atoms with E-state index in [1.165, 1.54) is 12.1 Å². The van der Waals surface area contributed by atoms with Gasteiger partial charge in [0.05, 0.1) is 5.02 Å². The van der Waals surface area contributed by atoms with Gasteiger partial charge in [-0.25, -0.2) is 13.1 Å². The second kappa shape index (κ2) is 7.05. The first kappa shape index (κ1) is 18.4. The number of hydrogen-bond acceptors (Lipinski definition) is 3. The minimum atomic E-state index is -3.69. The van der Waals surface area contributed by atoms with Gasteiger partial charge in [0.2, 0.25) is 10.0 Å². The average molecular weight is 349 g/mol. The number of hydrogen-bond donors (Lipinski definition) is 2. The molecule has 21 heavy (non-hydrogen) atoms. The lowest BCUT2D eigenvalue weighted by molar-refractivity contribution is 0.341. The molecule has 0 unspecified atom stereocenters. The van der Waals surface area contributed by atoms with Gasteiger partial charge in [-0.05, 0) is 31.4 Å². The fourth-order valence-corrected chi connectivity index (χ4v) is 4.47. The Morgan fingerprint density at radius 3 is 2.19 bits per heavy atom. The van der Waals surface area contributed by atoms with E-state index in [4.69, 9.17) is 29.6 Å². The second-order valence-corrected chi connectivity index (χ2v) is 7.45. The van der Waals surface area contributed by atoms with E-state index in [-0.39, 0.29) is 14.9 Å². The standard InChI is InChI=1S/C14H21ClN2O2S2/c1-4-14(5-2,6-3)17-21(18,19)12-8-7-10(13(16)20)9-11(12)15/h7-9,17H,4-6H2,1-3H3,(H2,16,20). The molecule has 0 amide bonds. The van der Waals surface area contributed by atoms with Crippen LogP contribution in [0.15, 0.2) is 23.1 Å². The third-order valence-electron chi connectivity index (χ3n) is 3.89. The summed E-state index contributed by atoms with van der Waals surface area (Å²) in [5.74, 6) is 0. The highest BCUT2D eigenvalue weighted by molar-refractivity contribution is 7.89. The SMILES string of the molecule is CCC(CC)(CC)NS(=O)(=O)c1ccc(C(N)=S)cc1Cl. The molecule has 7 heteroatoms. The summed E-state index contributed by atoms with van der Waals surface area (Å²) in [6.07, 6.45) is 2.13. The van der Waals surface area contributed by atoms with Gasteiger partial charge in [-0.1, -0.05) is 50.7 Å². The van der Waals surface area contributed by atoms with Crippen LogP contribution in [0.5, 0.6) is 0 Å². The van der Waals surface area contributed by atoms with Crippen molar-refractivity contribution in [2.45, 2.75) is 50.5 Å². The highest BCUT2D eigenvalue weighted by Crippen LogP contribution is 2.27. The van der Waals surface area contributed by atoms with Gasteiger partial charge in [0.1, 0.15) is 9.88 Å². The van der Waals surface area contributed by atoms with E-state index in [1.54, 1.807) is 6.07 Å². The van der Waals surface area contributed by atoms with Crippen molar-refractivity contribution in [2.75, 3.05) is 0 Å². The summed E-state index contributed by atoms with van der Waals surface area (Å²) in [6.45, 7) is 5.90. The Bertz CT molecular complexity index is 618. The van der Waals surface area contributed by atoms with Crippen molar-refractivity contribution in [1.29, 1.82) is 0 Å². The molecule has 0 aliphatic carbocycles. The first-order valence-corrected chi connectivity index (χ1v) is 9.11. The smallest absolute Gasteiger partial charge is 0.242 e. The molecule has 0 bridgehead atoms. The fourth-order valence-electron chi connectivity index (χ4n) is 2.18. The summed E-state index contributed by atoms with van der Waals surface area (Å²) in [7, 11) is -3.69. The van der Waals surface area contributed by atoms with Gasteiger partial charge in [0.15, 0.2) is 0 Å². The molecule has 1 rings (SSSR count). The summed E-state index contributed by atoms with van der Waals surface area (Å²) in [4.78, 5) is 0.225. The van der Waals surface area contributed by atoms with Crippen LogP contribution in [0.1, 0.15) is 45.6 Å². The van der Waals surface area contributed by atoms with E-state index in [1.807, 2.05) is 20.8 Å². The first-order chi connectivity index (χ1) is 9.71. The van der Waals surface area contributed by atoms with Crippen LogP contribution in [0.3, 0.4) is 0 Å². The number of nitrogens with two attached hydrogens (primary N) is 1. The Morgan fingerprint density at radius 1 is 1.29 bits per heavy atom. The topological polar surface area (TPSA) is 72.2 Å². The molecular formula is C14H21ClN2O2S2. The molecule has 3 N–H and O–H groups in total. The van der Waals surface area contributed by atoms with E-state index >= 15 is 0 Å². The summed E-state index contributed by atoms with van der Waals surface area (Å²) < 4.78 is 27.9. The molecule has 0 heterocycles. The third kappa shape index (κ3) is 4.16. The second-order valence-electron chi connectivity index (χ2n) is 4.96. The van der Waals surface area contributed by atoms with Crippen molar-refractivity contribution >= 4 is 38.8 Å². The maximum absolute atomic E-state index is 12.6. The third-order valence-corrected chi connectivity index (χ3v) is 6.18. The number of nitrogens with one attached hydrogen (secondary N) is 1. The molecule has 0 atom stereocenters. The van der Waals surface area contributed by atoms with Crippen molar-refractivity contribution in [3.05, 3.63) is 28.8 Å². The van der Waals surface area contributed by atoms with E-state index < -0.39 is 15.6 Å². The molecule has 1 aromatic carbocycles. The number of sulfonamides is 1. The number of halogens is 1. The highest BCUT2D eigenvalue weighted by Gasteiger charge is 2.31. The minimum Gasteiger partial charge on any atom is -0.389 e. The predicted octanol–water partition coefficient (Wildman–Crippen LogP) is 3.22. The summed E-state index contributed by atoms with van der Waals surface area (Å²) in [5, 5.41) is 0.116. The van der Waals surface area contributed by atoms with Crippen molar-refractivity contribution < 1.29 is 8.42 Å². The predicted molar refractivity (Wildman–Crippen MR) is 91.3 cm³/mol. The van der Waals surface area contributed by atoms with Gasteiger partial charge in [-0.15, -0.1) is 0 Å². The van der Waals surface area contributed by atoms with Crippen LogP contribution in [0.2, 0.25) is 5.02 Å². The minimum absolute atomic E-state index is 0.0453. The van der Waals surface area contributed by atoms with Crippen LogP contribution in [0.4, 0.5) is 0 Å². The summed E-state index contributed by atoms with van der Waals surface area (Å²) >= 11 is 10.9. The quantitative estimate of drug-likeness (QED) is 0.742. The van der Waals surface area contributed by atoms with Gasteiger partial charge in [-0.3, -0.25) is 0 Å². The Labute approximate surface area is 137 Å². The maximum Gasteiger partial charge on any atom is 0.242 e. The lowest BCUT2D eigenvalue weighted by Crippen LogP contribution is -2.47. The van der Waals surface area contributed by atoms with Crippen LogP contribution in [-0.4, -0.2) is 18.9 Å². The Morgan fingerprint density at radius 2 is 1.81 bits per heavy atom. The molecule has 0 saturated carbocycles. The first-order valence-electron chi connectivity index (χ1n) is 6.84. The van der Waals surface area contributed by atoms with Crippen LogP contribution in [0, 0.1) is 0 Å². The Hall–Kier alpha value is -0.690. The molecular weight excluding hydrogens is 328 g/mol. The lowest BCUT2D eigenvalue weighted by atomic mass is 9.91. The van der Waals surface area contributed by atoms with Gasteiger partial charge in [-0.2, -0.15) is 0 Å². The fraction of sp³-hybridized carbons (Fsp3) is 0.500. The monoisotopic (exact) mass is 348 g/mol. The number of rotatable bonds is 7. The van der Waals surface area contributed by atoms with Gasteiger partial charge < -0.3 is 5.73 Å². The molecule has 0 aliphatic heterocycles. The van der Waals surface area contributed by atoms with E-state index in [9.17, 15) is 8.42 Å². The molecule has 0 saturated heterocycles. The van der Waals surface area contributed by atoms with E-state index in [2.05, 4.69) is 4.72 Å². The zero-order valence-corrected chi connectivity index (χ0v) is 14.8. The molecule has 118 valence electrons. The normalized spacial score (nSPS) is 12.4. The van der Waals surface area contributed by atoms with Crippen LogP contribution in [-0.2, 0) is 10.0 Å². The van der Waals surface area contributed by atoms with Gasteiger partial charge >= 0.3 is 0 Å². The zero-order valence-electron chi connectivity index (χ0n) is 12.4. The van der Waals surface area contributed by atoms with Crippen LogP contribution >= 0.6 is 23.8 Å². The van der Waals surface area contributed by atoms with Crippen molar-refractivity contribution in [1.82, 2.24) is 4.72 Å². The van der Waals surface area contributed by atoms with Crippen LogP contribution < -0.4 is 10.5 Å². The van der Waals surface area contributed by atoms with Crippen molar-refractivity contribution in [3.63, 3.8) is 0 Å². The molecule has 0 radical (unpaired) electrons. The molecule has 1 aromatic rings. The van der Waals surface area contributed by atoms with E-state index in [0.717, 1.165) is 0 Å². The average Bonchev–Trinajstić information content (AvgIpc) is 2.44. The maximum atomic E-state index is 12.6. The molecule has 0 aliphatic rings. The van der Waals surface area contributed by atoms with Crippen molar-refractivity contribution in [3.8, 4) is 0 Å².